The van der Waals surface area contributed by atoms with Crippen LogP contribution in [0.2, 0.25) is 0 Å². The lowest BCUT2D eigenvalue weighted by molar-refractivity contribution is 0.126. The molecule has 2 aromatic heterocycles. The Morgan fingerprint density at radius 1 is 1.00 bits per heavy atom. The van der Waals surface area contributed by atoms with E-state index in [1.165, 1.54) is 18.7 Å². The first-order valence-corrected chi connectivity index (χ1v) is 7.49. The molecule has 0 amide bonds. The maximum Gasteiger partial charge on any atom is 0.158 e. The zero-order valence-corrected chi connectivity index (χ0v) is 12.5. The number of hydrogen-bond donors (Lipinski definition) is 3. The summed E-state index contributed by atoms with van der Waals surface area (Å²) in [5.74, 6) is 1.83. The summed E-state index contributed by atoms with van der Waals surface area (Å²) < 4.78 is 0. The topological polar surface area (TPSA) is 120 Å². The van der Waals surface area contributed by atoms with Gasteiger partial charge in [0.1, 0.15) is 29.9 Å². The summed E-state index contributed by atoms with van der Waals surface area (Å²) >= 11 is 0. The molecule has 0 atom stereocenters. The van der Waals surface area contributed by atoms with E-state index >= 15 is 0 Å². The lowest BCUT2D eigenvalue weighted by Gasteiger charge is -2.26. The number of nitriles is 1. The van der Waals surface area contributed by atoms with Crippen molar-refractivity contribution < 1.29 is 5.11 Å². The largest absolute Gasteiger partial charge is 0.393 e. The summed E-state index contributed by atoms with van der Waals surface area (Å²) in [5, 5.41) is 24.6. The van der Waals surface area contributed by atoms with E-state index in [9.17, 15) is 5.11 Å². The Kier molecular flexibility index (Phi) is 4.59. The van der Waals surface area contributed by atoms with E-state index in [4.69, 9.17) is 5.26 Å². The first-order chi connectivity index (χ1) is 11.2. The third-order valence-electron chi connectivity index (χ3n) is 3.74. The monoisotopic (exact) mass is 311 g/mol. The third kappa shape index (κ3) is 4.11. The van der Waals surface area contributed by atoms with Gasteiger partial charge in [-0.25, -0.2) is 19.9 Å². The maximum absolute atomic E-state index is 9.54. The van der Waals surface area contributed by atoms with E-state index in [1.54, 1.807) is 6.07 Å². The predicted octanol–water partition coefficient (Wildman–Crippen LogP) is 1.60. The minimum absolute atomic E-state index is 0.175. The van der Waals surface area contributed by atoms with Crippen LogP contribution in [0.3, 0.4) is 0 Å². The highest BCUT2D eigenvalue weighted by Gasteiger charge is 2.19. The number of nitrogens with one attached hydrogen (secondary N) is 2. The Bertz CT molecular complexity index is 690. The smallest absolute Gasteiger partial charge is 0.158 e. The summed E-state index contributed by atoms with van der Waals surface area (Å²) in [6.45, 7) is 0. The average molecular weight is 311 g/mol. The zero-order valence-electron chi connectivity index (χ0n) is 12.5. The summed E-state index contributed by atoms with van der Waals surface area (Å²) in [7, 11) is 0. The molecule has 1 aliphatic rings. The molecule has 0 unspecified atom stereocenters. The number of anilines is 3. The Morgan fingerprint density at radius 3 is 2.48 bits per heavy atom. The Hall–Kier alpha value is -2.79. The van der Waals surface area contributed by atoms with Crippen molar-refractivity contribution in [1.29, 1.82) is 5.26 Å². The molecule has 0 spiro atoms. The molecule has 8 heteroatoms. The van der Waals surface area contributed by atoms with Crippen molar-refractivity contribution in [3.8, 4) is 6.07 Å². The fraction of sp³-hybridized carbons (Fsp3) is 0.400. The van der Waals surface area contributed by atoms with Crippen molar-refractivity contribution in [2.24, 2.45) is 0 Å². The molecule has 3 rings (SSSR count). The first-order valence-electron chi connectivity index (χ1n) is 7.49. The summed E-state index contributed by atoms with van der Waals surface area (Å²) in [6, 6.07) is 4.03. The second-order valence-electron chi connectivity index (χ2n) is 5.46. The van der Waals surface area contributed by atoms with Crippen LogP contribution < -0.4 is 10.6 Å². The van der Waals surface area contributed by atoms with Crippen molar-refractivity contribution in [1.82, 2.24) is 19.9 Å². The van der Waals surface area contributed by atoms with Crippen molar-refractivity contribution in [3.63, 3.8) is 0 Å². The first kappa shape index (κ1) is 15.1. The van der Waals surface area contributed by atoms with Gasteiger partial charge in [0, 0.05) is 12.1 Å². The van der Waals surface area contributed by atoms with Gasteiger partial charge < -0.3 is 15.7 Å². The average Bonchev–Trinajstić information content (AvgIpc) is 2.58. The minimum Gasteiger partial charge on any atom is -0.393 e. The molecule has 2 heterocycles. The van der Waals surface area contributed by atoms with Crippen LogP contribution in [0.25, 0.3) is 0 Å². The van der Waals surface area contributed by atoms with E-state index in [0.717, 1.165) is 31.5 Å². The number of hydrogen-bond acceptors (Lipinski definition) is 8. The number of rotatable bonds is 4. The predicted molar refractivity (Wildman–Crippen MR) is 83.9 cm³/mol. The second kappa shape index (κ2) is 6.98. The molecular weight excluding hydrogens is 294 g/mol. The van der Waals surface area contributed by atoms with Crippen molar-refractivity contribution in [2.75, 3.05) is 10.6 Å². The van der Waals surface area contributed by atoms with Gasteiger partial charge in [0.05, 0.1) is 18.5 Å². The Balaban J connectivity index is 1.63. The lowest BCUT2D eigenvalue weighted by atomic mass is 9.93. The summed E-state index contributed by atoms with van der Waals surface area (Å²) in [6.07, 6.45) is 7.66. The second-order valence-corrected chi connectivity index (χ2v) is 5.46. The molecule has 23 heavy (non-hydrogen) atoms. The minimum atomic E-state index is -0.175. The van der Waals surface area contributed by atoms with Crippen molar-refractivity contribution in [2.45, 2.75) is 37.8 Å². The van der Waals surface area contributed by atoms with Gasteiger partial charge in [0.15, 0.2) is 5.69 Å². The maximum atomic E-state index is 9.54. The molecular formula is C15H17N7O. The highest BCUT2D eigenvalue weighted by molar-refractivity contribution is 5.55. The normalized spacial score (nSPS) is 20.5. The van der Waals surface area contributed by atoms with Crippen LogP contribution in [0.1, 0.15) is 31.4 Å². The number of nitrogens with zero attached hydrogens (tertiary/aromatic N) is 5. The van der Waals surface area contributed by atoms with Gasteiger partial charge in [-0.2, -0.15) is 5.26 Å². The van der Waals surface area contributed by atoms with Gasteiger partial charge in [0.2, 0.25) is 0 Å². The standard InChI is InChI=1S/C15H17N7O/c16-6-11-7-18-15(8-17-11)22-14-5-13(19-9-20-14)21-10-1-3-12(23)4-2-10/h5,7-10,12,23H,1-4H2,(H2,18,19,20,21,22)/t10-,12-. The Labute approximate surface area is 133 Å². The molecule has 118 valence electrons. The van der Waals surface area contributed by atoms with E-state index in [0.29, 0.717) is 17.7 Å². The van der Waals surface area contributed by atoms with E-state index in [2.05, 4.69) is 30.6 Å². The number of aliphatic hydroxyl groups excluding tert-OH is 1. The van der Waals surface area contributed by atoms with E-state index in [-0.39, 0.29) is 11.8 Å². The quantitative estimate of drug-likeness (QED) is 0.778. The summed E-state index contributed by atoms with van der Waals surface area (Å²) in [4.78, 5) is 16.4. The fourth-order valence-electron chi connectivity index (χ4n) is 2.52. The number of aromatic nitrogens is 4. The van der Waals surface area contributed by atoms with Gasteiger partial charge in [-0.15, -0.1) is 0 Å². The molecule has 3 N–H and O–H groups in total. The molecule has 8 nitrogen and oxygen atoms in total. The molecule has 0 radical (unpaired) electrons. The van der Waals surface area contributed by atoms with Gasteiger partial charge >= 0.3 is 0 Å². The third-order valence-corrected chi connectivity index (χ3v) is 3.74. The Morgan fingerprint density at radius 2 is 1.78 bits per heavy atom. The van der Waals surface area contributed by atoms with Crippen molar-refractivity contribution in [3.05, 3.63) is 30.5 Å². The summed E-state index contributed by atoms with van der Waals surface area (Å²) in [5.41, 5.74) is 0.264. The number of aliphatic hydroxyl groups is 1. The van der Waals surface area contributed by atoms with Crippen LogP contribution in [-0.2, 0) is 0 Å². The zero-order chi connectivity index (χ0) is 16.1. The highest BCUT2D eigenvalue weighted by Crippen LogP contribution is 2.22. The molecule has 0 aliphatic heterocycles. The highest BCUT2D eigenvalue weighted by atomic mass is 16.3. The SMILES string of the molecule is N#Cc1cnc(Nc2cc(N[C@H]3CC[C@H](O)CC3)ncn2)cn1. The molecule has 1 aliphatic carbocycles. The molecule has 0 aromatic carbocycles. The van der Waals surface area contributed by atoms with Crippen molar-refractivity contribution >= 4 is 17.5 Å². The molecule has 0 bridgehead atoms. The lowest BCUT2D eigenvalue weighted by Crippen LogP contribution is -2.28. The molecule has 1 fully saturated rings. The van der Waals surface area contributed by atoms with Gasteiger partial charge in [0.25, 0.3) is 0 Å². The van der Waals surface area contributed by atoms with E-state index in [1.807, 2.05) is 6.07 Å². The molecule has 2 aromatic rings. The van der Waals surface area contributed by atoms with Crippen LogP contribution >= 0.6 is 0 Å². The fourth-order valence-corrected chi connectivity index (χ4v) is 2.52. The van der Waals surface area contributed by atoms with Crippen LogP contribution in [0.5, 0.6) is 0 Å². The van der Waals surface area contributed by atoms with Crippen LogP contribution in [0, 0.1) is 11.3 Å². The van der Waals surface area contributed by atoms with Crippen LogP contribution in [0.4, 0.5) is 17.5 Å². The van der Waals surface area contributed by atoms with Gasteiger partial charge in [-0.3, -0.25) is 0 Å². The van der Waals surface area contributed by atoms with Crippen LogP contribution in [-0.4, -0.2) is 37.2 Å². The van der Waals surface area contributed by atoms with Gasteiger partial charge in [-0.1, -0.05) is 0 Å². The van der Waals surface area contributed by atoms with E-state index < -0.39 is 0 Å². The van der Waals surface area contributed by atoms with Gasteiger partial charge in [-0.05, 0) is 25.7 Å². The molecule has 1 saturated carbocycles. The van der Waals surface area contributed by atoms with Crippen LogP contribution in [0.15, 0.2) is 24.8 Å². The molecule has 0 saturated heterocycles.